The Morgan fingerprint density at radius 3 is 2.29 bits per heavy atom. The van der Waals surface area contributed by atoms with E-state index >= 15 is 0 Å². The van der Waals surface area contributed by atoms with E-state index in [1.165, 1.54) is 11.1 Å². The molecular formula is C25H31N3O3. The molecule has 2 aromatic rings. The highest BCUT2D eigenvalue weighted by Gasteiger charge is 2.25. The van der Waals surface area contributed by atoms with Crippen LogP contribution in [-0.4, -0.2) is 74.1 Å². The average Bonchev–Trinajstić information content (AvgIpc) is 2.83. The van der Waals surface area contributed by atoms with Crippen molar-refractivity contribution < 1.29 is 14.3 Å². The van der Waals surface area contributed by atoms with Gasteiger partial charge >= 0.3 is 0 Å². The number of hydrogen-bond acceptors (Lipinski definition) is 5. The molecule has 0 saturated carbocycles. The molecule has 164 valence electrons. The summed E-state index contributed by atoms with van der Waals surface area (Å²) in [6.45, 7) is 5.56. The zero-order valence-corrected chi connectivity index (χ0v) is 18.4. The van der Waals surface area contributed by atoms with Crippen LogP contribution in [0.1, 0.15) is 16.7 Å². The van der Waals surface area contributed by atoms with Gasteiger partial charge in [-0.05, 0) is 47.5 Å². The number of hydrogen-bond donors (Lipinski definition) is 0. The number of methoxy groups -OCH3 is 2. The lowest BCUT2D eigenvalue weighted by Crippen LogP contribution is -2.49. The second-order valence-corrected chi connectivity index (χ2v) is 8.08. The van der Waals surface area contributed by atoms with E-state index in [0.717, 1.165) is 56.2 Å². The van der Waals surface area contributed by atoms with Crippen LogP contribution in [0.4, 0.5) is 0 Å². The van der Waals surface area contributed by atoms with Crippen molar-refractivity contribution in [3.8, 4) is 11.5 Å². The Morgan fingerprint density at radius 2 is 1.61 bits per heavy atom. The number of carbonyl (C=O) groups is 1. The summed E-state index contributed by atoms with van der Waals surface area (Å²) < 4.78 is 10.8. The van der Waals surface area contributed by atoms with Crippen LogP contribution in [0.5, 0.6) is 11.5 Å². The first kappa shape index (κ1) is 21.2. The van der Waals surface area contributed by atoms with Crippen molar-refractivity contribution in [2.45, 2.75) is 13.0 Å². The predicted molar refractivity (Wildman–Crippen MR) is 122 cm³/mol. The molecular weight excluding hydrogens is 390 g/mol. The SMILES string of the molecule is COc1cc2c(cc1OC)CN(C(=O)CN1CCN(/C=C/c3ccccc3)CC1)CC2. The van der Waals surface area contributed by atoms with Crippen LogP contribution in [0.15, 0.2) is 48.7 Å². The third-order valence-corrected chi connectivity index (χ3v) is 6.11. The molecule has 6 heteroatoms. The van der Waals surface area contributed by atoms with Gasteiger partial charge in [0, 0.05) is 39.3 Å². The molecule has 1 saturated heterocycles. The third kappa shape index (κ3) is 5.20. The third-order valence-electron chi connectivity index (χ3n) is 6.11. The Morgan fingerprint density at radius 1 is 0.935 bits per heavy atom. The zero-order valence-electron chi connectivity index (χ0n) is 18.4. The molecule has 2 aliphatic rings. The van der Waals surface area contributed by atoms with Crippen LogP contribution >= 0.6 is 0 Å². The number of amides is 1. The highest BCUT2D eigenvalue weighted by Crippen LogP contribution is 2.33. The predicted octanol–water partition coefficient (Wildman–Crippen LogP) is 2.88. The van der Waals surface area contributed by atoms with Gasteiger partial charge in [-0.3, -0.25) is 9.69 Å². The number of benzene rings is 2. The van der Waals surface area contributed by atoms with Crippen LogP contribution in [0, 0.1) is 0 Å². The molecule has 2 heterocycles. The molecule has 6 nitrogen and oxygen atoms in total. The van der Waals surface area contributed by atoms with Crippen LogP contribution in [-0.2, 0) is 17.8 Å². The van der Waals surface area contributed by atoms with E-state index < -0.39 is 0 Å². The number of ether oxygens (including phenoxy) is 2. The quantitative estimate of drug-likeness (QED) is 0.718. The molecule has 0 N–H and O–H groups in total. The molecule has 0 bridgehead atoms. The lowest BCUT2D eigenvalue weighted by Gasteiger charge is -2.36. The first-order chi connectivity index (χ1) is 15.2. The van der Waals surface area contributed by atoms with Crippen molar-refractivity contribution in [1.82, 2.24) is 14.7 Å². The fraction of sp³-hybridized carbons (Fsp3) is 0.400. The van der Waals surface area contributed by atoms with Crippen molar-refractivity contribution in [1.29, 1.82) is 0 Å². The maximum absolute atomic E-state index is 12.9. The van der Waals surface area contributed by atoms with Crippen LogP contribution < -0.4 is 9.47 Å². The molecule has 1 fully saturated rings. The molecule has 0 spiro atoms. The number of carbonyl (C=O) groups excluding carboxylic acids is 1. The Kier molecular flexibility index (Phi) is 6.77. The molecule has 0 radical (unpaired) electrons. The fourth-order valence-corrected chi connectivity index (χ4v) is 4.21. The van der Waals surface area contributed by atoms with Gasteiger partial charge in [0.05, 0.1) is 20.8 Å². The molecule has 0 aromatic heterocycles. The van der Waals surface area contributed by atoms with Gasteiger partial charge in [-0.1, -0.05) is 30.3 Å². The summed E-state index contributed by atoms with van der Waals surface area (Å²) in [5.74, 6) is 1.67. The monoisotopic (exact) mass is 421 g/mol. The topological polar surface area (TPSA) is 45.3 Å². The summed E-state index contributed by atoms with van der Waals surface area (Å²) in [4.78, 5) is 19.5. The maximum atomic E-state index is 12.9. The van der Waals surface area contributed by atoms with Gasteiger partial charge in [0.2, 0.25) is 5.91 Å². The molecule has 4 rings (SSSR count). The lowest BCUT2D eigenvalue weighted by molar-refractivity contribution is -0.133. The standard InChI is InChI=1S/C25H31N3O3/c1-30-23-16-21-9-11-28(18-22(21)17-24(23)31-2)25(29)19-27-14-12-26(13-15-27)10-8-20-6-4-3-5-7-20/h3-8,10,16-17H,9,11-15,18-19H2,1-2H3/b10-8+. The Bertz CT molecular complexity index is 921. The van der Waals surface area contributed by atoms with E-state index in [2.05, 4.69) is 46.3 Å². The number of piperazine rings is 1. The van der Waals surface area contributed by atoms with E-state index in [0.29, 0.717) is 13.1 Å². The maximum Gasteiger partial charge on any atom is 0.237 e. The number of nitrogens with zero attached hydrogens (tertiary/aromatic N) is 3. The van der Waals surface area contributed by atoms with E-state index in [9.17, 15) is 4.79 Å². The Labute approximate surface area is 184 Å². The Balaban J connectivity index is 1.28. The second-order valence-electron chi connectivity index (χ2n) is 8.08. The molecule has 2 aromatic carbocycles. The average molecular weight is 422 g/mol. The van der Waals surface area contributed by atoms with E-state index in [1.54, 1.807) is 14.2 Å². The summed E-state index contributed by atoms with van der Waals surface area (Å²) in [6.07, 6.45) is 5.16. The van der Waals surface area contributed by atoms with E-state index in [-0.39, 0.29) is 5.91 Å². The summed E-state index contributed by atoms with van der Waals surface area (Å²) >= 11 is 0. The molecule has 0 atom stereocenters. The van der Waals surface area contributed by atoms with Crippen molar-refractivity contribution >= 4 is 12.0 Å². The van der Waals surface area contributed by atoms with Gasteiger partial charge in [0.25, 0.3) is 0 Å². The molecule has 2 aliphatic heterocycles. The minimum Gasteiger partial charge on any atom is -0.493 e. The van der Waals surface area contributed by atoms with Gasteiger partial charge in [-0.25, -0.2) is 0 Å². The second kappa shape index (κ2) is 9.88. The minimum absolute atomic E-state index is 0.203. The van der Waals surface area contributed by atoms with Crippen LogP contribution in [0.2, 0.25) is 0 Å². The van der Waals surface area contributed by atoms with Gasteiger partial charge in [0.15, 0.2) is 11.5 Å². The van der Waals surface area contributed by atoms with Crippen molar-refractivity contribution in [3.05, 3.63) is 65.4 Å². The zero-order chi connectivity index (χ0) is 21.6. The van der Waals surface area contributed by atoms with Gasteiger partial charge < -0.3 is 19.3 Å². The fourth-order valence-electron chi connectivity index (χ4n) is 4.21. The summed E-state index contributed by atoms with van der Waals surface area (Å²) in [6, 6.07) is 14.4. The summed E-state index contributed by atoms with van der Waals surface area (Å²) in [5, 5.41) is 0. The number of fused-ring (bicyclic) bond motifs is 1. The lowest BCUT2D eigenvalue weighted by atomic mass is 9.98. The minimum atomic E-state index is 0.203. The highest BCUT2D eigenvalue weighted by atomic mass is 16.5. The largest absolute Gasteiger partial charge is 0.493 e. The first-order valence-electron chi connectivity index (χ1n) is 10.9. The molecule has 0 unspecified atom stereocenters. The van der Waals surface area contributed by atoms with Crippen molar-refractivity contribution in [2.75, 3.05) is 53.5 Å². The number of rotatable bonds is 6. The normalized spacial score (nSPS) is 17.0. The first-order valence-corrected chi connectivity index (χ1v) is 10.9. The van der Waals surface area contributed by atoms with Gasteiger partial charge in [0.1, 0.15) is 0 Å². The Hall–Kier alpha value is -2.99. The van der Waals surface area contributed by atoms with Crippen molar-refractivity contribution in [2.24, 2.45) is 0 Å². The summed E-state index contributed by atoms with van der Waals surface area (Å²) in [7, 11) is 3.30. The molecule has 0 aliphatic carbocycles. The van der Waals surface area contributed by atoms with Gasteiger partial charge in [-0.15, -0.1) is 0 Å². The van der Waals surface area contributed by atoms with Crippen molar-refractivity contribution in [3.63, 3.8) is 0 Å². The van der Waals surface area contributed by atoms with E-state index in [4.69, 9.17) is 9.47 Å². The highest BCUT2D eigenvalue weighted by molar-refractivity contribution is 5.78. The molecule has 1 amide bonds. The van der Waals surface area contributed by atoms with Crippen LogP contribution in [0.25, 0.3) is 6.08 Å². The molecule has 31 heavy (non-hydrogen) atoms. The summed E-state index contributed by atoms with van der Waals surface area (Å²) in [5.41, 5.74) is 3.59. The van der Waals surface area contributed by atoms with Crippen LogP contribution in [0.3, 0.4) is 0 Å². The smallest absolute Gasteiger partial charge is 0.237 e. The van der Waals surface area contributed by atoms with Gasteiger partial charge in [-0.2, -0.15) is 0 Å². The van der Waals surface area contributed by atoms with E-state index in [1.807, 2.05) is 23.1 Å².